The van der Waals surface area contributed by atoms with Crippen molar-refractivity contribution in [3.8, 4) is 0 Å². The van der Waals surface area contributed by atoms with Crippen molar-refractivity contribution in [1.82, 2.24) is 18.8 Å². The van der Waals surface area contributed by atoms with E-state index in [2.05, 4.69) is 49.1 Å². The minimum absolute atomic E-state index is 0.00872. The van der Waals surface area contributed by atoms with Crippen LogP contribution in [0.5, 0.6) is 0 Å². The largest absolute Gasteiger partial charge is 0.444 e. The number of piperidine rings is 1. The third-order valence-electron chi connectivity index (χ3n) is 7.70. The molecule has 1 aliphatic rings. The highest BCUT2D eigenvalue weighted by Gasteiger charge is 2.42. The highest BCUT2D eigenvalue weighted by Crippen LogP contribution is 2.38. The Morgan fingerprint density at radius 3 is 2.29 bits per heavy atom. The first kappa shape index (κ1) is 31.0. The van der Waals surface area contributed by atoms with Crippen molar-refractivity contribution in [2.24, 2.45) is 0 Å². The number of aromatic nitrogens is 3. The topological polar surface area (TPSA) is 116 Å². The lowest BCUT2D eigenvalue weighted by Gasteiger charge is -2.44. The van der Waals surface area contributed by atoms with E-state index in [0.717, 1.165) is 5.56 Å². The summed E-state index contributed by atoms with van der Waals surface area (Å²) in [5.74, 6) is 0.495. The lowest BCUT2D eigenvalue weighted by molar-refractivity contribution is 0.00391. The molecule has 0 saturated carbocycles. The van der Waals surface area contributed by atoms with Crippen molar-refractivity contribution >= 4 is 41.3 Å². The lowest BCUT2D eigenvalue weighted by Crippen LogP contribution is -2.56. The van der Waals surface area contributed by atoms with Crippen molar-refractivity contribution in [2.75, 3.05) is 18.4 Å². The highest BCUT2D eigenvalue weighted by molar-refractivity contribution is 7.90. The smallest absolute Gasteiger partial charge is 0.410 e. The molecule has 1 aromatic carbocycles. The monoisotopic (exact) mass is 601 g/mol. The number of hydrogen-bond donors (Lipinski definition) is 1. The summed E-state index contributed by atoms with van der Waals surface area (Å²) in [6.45, 7) is 19.3. The average molecular weight is 602 g/mol. The molecular weight excluding hydrogens is 559 g/mol. The summed E-state index contributed by atoms with van der Waals surface area (Å²) >= 11 is 0. The number of aryl methyl sites for hydroxylation is 1. The molecule has 1 saturated heterocycles. The Bertz CT molecular complexity index is 1510. The van der Waals surface area contributed by atoms with Crippen LogP contribution in [-0.4, -0.2) is 72.5 Å². The zero-order valence-electron chi connectivity index (χ0n) is 25.6. The number of carbonyl (C=O) groups excluding carboxylic acids is 1. The SMILES string of the molecule is Cc1ccc(S(=O)(=O)n2ccc3c(N[C@@H]4C[C@H](O[Si](C)(C)C(C)(C)C)CN(C(=O)OC(C)(C)C)C4)ncnc32)cc1. The Hall–Kier alpha value is -2.96. The van der Waals surface area contributed by atoms with Crippen LogP contribution in [0.3, 0.4) is 0 Å². The minimum Gasteiger partial charge on any atom is -0.444 e. The van der Waals surface area contributed by atoms with Gasteiger partial charge in [0.1, 0.15) is 17.7 Å². The molecule has 3 heterocycles. The second-order valence-electron chi connectivity index (χ2n) is 13.4. The van der Waals surface area contributed by atoms with E-state index in [0.29, 0.717) is 30.7 Å². The van der Waals surface area contributed by atoms with Gasteiger partial charge in [-0.1, -0.05) is 38.5 Å². The molecule has 1 amide bonds. The number of likely N-dealkylation sites (tertiary alicyclic amines) is 1. The summed E-state index contributed by atoms with van der Waals surface area (Å²) < 4.78 is 40.5. The number of nitrogens with one attached hydrogen (secondary N) is 1. The van der Waals surface area contributed by atoms with Crippen molar-refractivity contribution in [2.45, 2.75) is 95.7 Å². The van der Waals surface area contributed by atoms with Crippen molar-refractivity contribution in [1.29, 1.82) is 0 Å². The minimum atomic E-state index is -3.86. The zero-order chi connectivity index (χ0) is 30.4. The maximum Gasteiger partial charge on any atom is 0.410 e. The predicted molar refractivity (Wildman–Crippen MR) is 163 cm³/mol. The van der Waals surface area contributed by atoms with Gasteiger partial charge in [-0.3, -0.25) is 0 Å². The van der Waals surface area contributed by atoms with Gasteiger partial charge in [0, 0.05) is 25.3 Å². The van der Waals surface area contributed by atoms with Crippen molar-refractivity contribution < 1.29 is 22.4 Å². The van der Waals surface area contributed by atoms with Gasteiger partial charge in [0.15, 0.2) is 14.0 Å². The van der Waals surface area contributed by atoms with Crippen LogP contribution >= 0.6 is 0 Å². The quantitative estimate of drug-likeness (QED) is 0.353. The third-order valence-corrected chi connectivity index (χ3v) is 13.9. The fourth-order valence-corrected chi connectivity index (χ4v) is 7.23. The number of carbonyl (C=O) groups is 1. The van der Waals surface area contributed by atoms with Gasteiger partial charge in [-0.25, -0.2) is 27.2 Å². The first-order chi connectivity index (χ1) is 18.9. The molecule has 0 unspecified atom stereocenters. The van der Waals surface area contributed by atoms with E-state index in [9.17, 15) is 13.2 Å². The van der Waals surface area contributed by atoms with Crippen LogP contribution in [0.1, 0.15) is 53.5 Å². The Kier molecular flexibility index (Phi) is 8.33. The molecule has 4 rings (SSSR count). The number of ether oxygens (including phenoxy) is 1. The Labute approximate surface area is 244 Å². The van der Waals surface area contributed by atoms with E-state index in [1.54, 1.807) is 35.2 Å². The Balaban J connectivity index is 1.64. The predicted octanol–water partition coefficient (Wildman–Crippen LogP) is 5.79. The molecule has 0 aliphatic carbocycles. The standard InChI is InChI=1S/C29H43N5O5SSi/c1-20-10-12-23(13-11-20)40(36,37)34-15-14-24-25(30-19-31-26(24)34)32-21-16-22(39-41(8,9)29(5,6)7)18-33(17-21)27(35)38-28(2,3)4/h10-15,19,21-22H,16-18H2,1-9H3,(H,30,31,32)/t21-,22+/m1/s1. The maximum absolute atomic E-state index is 13.4. The second kappa shape index (κ2) is 11.0. The van der Waals surface area contributed by atoms with Gasteiger partial charge in [-0.15, -0.1) is 0 Å². The van der Waals surface area contributed by atoms with Gasteiger partial charge in [0.25, 0.3) is 10.0 Å². The van der Waals surface area contributed by atoms with E-state index in [1.807, 2.05) is 27.7 Å². The van der Waals surface area contributed by atoms with Gasteiger partial charge in [0.05, 0.1) is 16.4 Å². The van der Waals surface area contributed by atoms with Crippen LogP contribution in [-0.2, 0) is 19.2 Å². The fraction of sp³-hybridized carbons (Fsp3) is 0.552. The van der Waals surface area contributed by atoms with Crippen LogP contribution in [0.2, 0.25) is 18.1 Å². The molecule has 0 bridgehead atoms. The van der Waals surface area contributed by atoms with Crippen LogP contribution in [0, 0.1) is 6.92 Å². The number of nitrogens with zero attached hydrogens (tertiary/aromatic N) is 4. The number of anilines is 1. The first-order valence-corrected chi connectivity index (χ1v) is 18.3. The van der Waals surface area contributed by atoms with E-state index in [4.69, 9.17) is 9.16 Å². The van der Waals surface area contributed by atoms with Gasteiger partial charge >= 0.3 is 6.09 Å². The van der Waals surface area contributed by atoms with Gasteiger partial charge in [-0.05, 0) is 70.4 Å². The molecule has 0 spiro atoms. The van der Waals surface area contributed by atoms with Crippen molar-refractivity contribution in [3.05, 3.63) is 48.4 Å². The molecule has 12 heteroatoms. The molecule has 41 heavy (non-hydrogen) atoms. The van der Waals surface area contributed by atoms with Gasteiger partial charge < -0.3 is 19.4 Å². The molecular formula is C29H43N5O5SSi. The summed E-state index contributed by atoms with van der Waals surface area (Å²) in [5.41, 5.74) is 0.619. The number of rotatable bonds is 6. The normalized spacial score (nSPS) is 18.9. The molecule has 2 atom stereocenters. The summed E-state index contributed by atoms with van der Waals surface area (Å²) in [6.07, 6.45) is 2.91. The molecule has 3 aromatic rings. The number of fused-ring (bicyclic) bond motifs is 1. The van der Waals surface area contributed by atoms with Crippen LogP contribution in [0.25, 0.3) is 11.0 Å². The Morgan fingerprint density at radius 2 is 1.68 bits per heavy atom. The maximum atomic E-state index is 13.4. The summed E-state index contributed by atoms with van der Waals surface area (Å²) in [6, 6.07) is 8.20. The third kappa shape index (κ3) is 6.92. The van der Waals surface area contributed by atoms with Gasteiger partial charge in [-0.2, -0.15) is 0 Å². The number of benzene rings is 1. The van der Waals surface area contributed by atoms with Gasteiger partial charge in [0.2, 0.25) is 0 Å². The Morgan fingerprint density at radius 1 is 1.02 bits per heavy atom. The van der Waals surface area contributed by atoms with E-state index >= 15 is 0 Å². The van der Waals surface area contributed by atoms with Crippen LogP contribution in [0.15, 0.2) is 47.8 Å². The van der Waals surface area contributed by atoms with Crippen LogP contribution < -0.4 is 5.32 Å². The summed E-state index contributed by atoms with van der Waals surface area (Å²) in [5, 5.41) is 4.04. The molecule has 0 radical (unpaired) electrons. The molecule has 1 aliphatic heterocycles. The van der Waals surface area contributed by atoms with Crippen molar-refractivity contribution in [3.63, 3.8) is 0 Å². The van der Waals surface area contributed by atoms with Crippen LogP contribution in [0.4, 0.5) is 10.6 Å². The molecule has 1 fully saturated rings. The fourth-order valence-electron chi connectivity index (χ4n) is 4.57. The summed E-state index contributed by atoms with van der Waals surface area (Å²) in [4.78, 5) is 23.8. The highest BCUT2D eigenvalue weighted by atomic mass is 32.2. The average Bonchev–Trinajstić information content (AvgIpc) is 3.28. The lowest BCUT2D eigenvalue weighted by atomic mass is 10.0. The first-order valence-electron chi connectivity index (χ1n) is 13.9. The number of hydrogen-bond acceptors (Lipinski definition) is 8. The van der Waals surface area contributed by atoms with E-state index in [1.165, 1.54) is 16.5 Å². The van der Waals surface area contributed by atoms with E-state index < -0.39 is 30.0 Å². The molecule has 2 aromatic heterocycles. The molecule has 10 nitrogen and oxygen atoms in total. The van der Waals surface area contributed by atoms with E-state index in [-0.39, 0.29) is 27.7 Å². The molecule has 224 valence electrons. The zero-order valence-corrected chi connectivity index (χ0v) is 27.4. The second-order valence-corrected chi connectivity index (χ2v) is 19.9. The molecule has 1 N–H and O–H groups in total. The summed E-state index contributed by atoms with van der Waals surface area (Å²) in [7, 11) is -5.98. The number of amides is 1.